The van der Waals surface area contributed by atoms with Gasteiger partial charge in [-0.15, -0.1) is 0 Å². The number of aryl methyl sites for hydroxylation is 2. The highest BCUT2D eigenvalue weighted by Gasteiger charge is 2.09. The van der Waals surface area contributed by atoms with E-state index in [1.54, 1.807) is 30.2 Å². The molecule has 0 fully saturated rings. The zero-order chi connectivity index (χ0) is 19.9. The maximum Gasteiger partial charge on any atom is 0.251 e. The van der Waals surface area contributed by atoms with Crippen LogP contribution >= 0.6 is 0 Å². The highest BCUT2D eigenvalue weighted by molar-refractivity contribution is 5.95. The maximum atomic E-state index is 12.4. The van der Waals surface area contributed by atoms with Crippen molar-refractivity contribution in [1.82, 2.24) is 30.2 Å². The third-order valence-corrected chi connectivity index (χ3v) is 4.29. The summed E-state index contributed by atoms with van der Waals surface area (Å²) in [4.78, 5) is 23.9. The van der Waals surface area contributed by atoms with Crippen LogP contribution in [0.15, 0.2) is 49.1 Å². The molecule has 0 aliphatic carbocycles. The fourth-order valence-electron chi connectivity index (χ4n) is 2.80. The zero-order valence-electron chi connectivity index (χ0n) is 16.1. The normalized spacial score (nSPS) is 10.6. The number of hydrogen-bond donors (Lipinski definition) is 2. The molecule has 8 nitrogen and oxygen atoms in total. The lowest BCUT2D eigenvalue weighted by Crippen LogP contribution is -2.25. The Morgan fingerprint density at radius 3 is 2.64 bits per heavy atom. The van der Waals surface area contributed by atoms with Crippen molar-refractivity contribution >= 4 is 11.8 Å². The molecule has 1 aromatic carbocycles. The summed E-state index contributed by atoms with van der Waals surface area (Å²) in [5.74, 6) is -0.232. The summed E-state index contributed by atoms with van der Waals surface area (Å²) in [6.07, 6.45) is 8.08. The van der Waals surface area contributed by atoms with E-state index in [0.29, 0.717) is 12.1 Å². The number of likely N-dealkylation sites (N-methyl/N-ethyl adjacent to an activating group) is 1. The average Bonchev–Trinajstić information content (AvgIpc) is 3.34. The Labute approximate surface area is 163 Å². The number of hydrogen-bond acceptors (Lipinski definition) is 4. The molecule has 28 heavy (non-hydrogen) atoms. The number of carbonyl (C=O) groups is 2. The minimum absolute atomic E-state index is 0.115. The summed E-state index contributed by atoms with van der Waals surface area (Å²) in [5, 5.41) is 13.9. The number of benzene rings is 1. The second-order valence-corrected chi connectivity index (χ2v) is 6.57. The Kier molecular flexibility index (Phi) is 6.21. The number of nitrogens with zero attached hydrogens (tertiary/aromatic N) is 4. The Bertz CT molecular complexity index is 959. The number of rotatable bonds is 8. The van der Waals surface area contributed by atoms with Gasteiger partial charge in [0.15, 0.2) is 0 Å². The molecule has 0 atom stereocenters. The monoisotopic (exact) mass is 380 g/mol. The molecule has 0 saturated carbocycles. The number of amides is 2. The van der Waals surface area contributed by atoms with Gasteiger partial charge in [-0.25, -0.2) is 0 Å². The van der Waals surface area contributed by atoms with Gasteiger partial charge in [0.2, 0.25) is 5.91 Å². The first-order valence-electron chi connectivity index (χ1n) is 9.16. The molecule has 8 heteroatoms. The van der Waals surface area contributed by atoms with Gasteiger partial charge in [-0.05, 0) is 36.6 Å². The van der Waals surface area contributed by atoms with E-state index in [-0.39, 0.29) is 18.4 Å². The van der Waals surface area contributed by atoms with E-state index >= 15 is 0 Å². The molecule has 3 rings (SSSR count). The fraction of sp³-hybridized carbons (Fsp3) is 0.300. The molecule has 0 aliphatic heterocycles. The molecule has 0 aliphatic rings. The lowest BCUT2D eigenvalue weighted by Gasteiger charge is -2.07. The minimum Gasteiger partial charge on any atom is -0.358 e. The number of carbonyl (C=O) groups excluding carboxylic acids is 2. The van der Waals surface area contributed by atoms with Crippen molar-refractivity contribution in [3.63, 3.8) is 0 Å². The van der Waals surface area contributed by atoms with Gasteiger partial charge >= 0.3 is 0 Å². The van der Waals surface area contributed by atoms with Crippen LogP contribution < -0.4 is 10.6 Å². The summed E-state index contributed by atoms with van der Waals surface area (Å²) < 4.78 is 3.44. The maximum absolute atomic E-state index is 12.4. The van der Waals surface area contributed by atoms with Crippen molar-refractivity contribution in [2.24, 2.45) is 0 Å². The van der Waals surface area contributed by atoms with Crippen molar-refractivity contribution in [1.29, 1.82) is 0 Å². The van der Waals surface area contributed by atoms with Crippen molar-refractivity contribution in [2.75, 3.05) is 13.6 Å². The number of nitrogens with one attached hydrogen (secondary N) is 2. The summed E-state index contributed by atoms with van der Waals surface area (Å²) in [6.45, 7) is 3.50. The van der Waals surface area contributed by atoms with E-state index in [1.165, 1.54) is 0 Å². The molecule has 0 unspecified atom stereocenters. The Hall–Kier alpha value is -3.42. The quantitative estimate of drug-likeness (QED) is 0.581. The van der Waals surface area contributed by atoms with Crippen LogP contribution in [0.1, 0.15) is 22.3 Å². The highest BCUT2D eigenvalue weighted by Crippen LogP contribution is 2.19. The van der Waals surface area contributed by atoms with Gasteiger partial charge < -0.3 is 10.6 Å². The van der Waals surface area contributed by atoms with E-state index in [2.05, 4.69) is 20.8 Å². The SMILES string of the molecule is CNC(=O)Cn1cc(-c2cccc(C(=O)NCCCn3cc(C)cn3)c2)cn1. The van der Waals surface area contributed by atoms with Gasteiger partial charge in [0.1, 0.15) is 6.54 Å². The van der Waals surface area contributed by atoms with E-state index in [1.807, 2.05) is 42.2 Å². The first kappa shape index (κ1) is 19.3. The molecule has 0 bridgehead atoms. The fourth-order valence-corrected chi connectivity index (χ4v) is 2.80. The van der Waals surface area contributed by atoms with Gasteiger partial charge in [-0.2, -0.15) is 10.2 Å². The predicted molar refractivity (Wildman–Crippen MR) is 106 cm³/mol. The van der Waals surface area contributed by atoms with E-state index in [9.17, 15) is 9.59 Å². The summed E-state index contributed by atoms with van der Waals surface area (Å²) in [7, 11) is 1.59. The predicted octanol–water partition coefficient (Wildman–Crippen LogP) is 1.62. The second-order valence-electron chi connectivity index (χ2n) is 6.57. The Morgan fingerprint density at radius 1 is 1.07 bits per heavy atom. The van der Waals surface area contributed by atoms with Crippen LogP contribution in [0.3, 0.4) is 0 Å². The topological polar surface area (TPSA) is 93.8 Å². The van der Waals surface area contributed by atoms with Crippen molar-refractivity contribution in [2.45, 2.75) is 26.4 Å². The second kappa shape index (κ2) is 8.98. The van der Waals surface area contributed by atoms with Crippen LogP contribution in [-0.4, -0.2) is 45.0 Å². The largest absolute Gasteiger partial charge is 0.358 e. The molecule has 146 valence electrons. The van der Waals surface area contributed by atoms with Crippen LogP contribution in [0.25, 0.3) is 11.1 Å². The van der Waals surface area contributed by atoms with E-state index in [0.717, 1.165) is 29.7 Å². The van der Waals surface area contributed by atoms with Gasteiger partial charge in [-0.1, -0.05) is 12.1 Å². The molecule has 2 heterocycles. The summed E-state index contributed by atoms with van der Waals surface area (Å²) >= 11 is 0. The molecule has 2 N–H and O–H groups in total. The molecular weight excluding hydrogens is 356 g/mol. The Balaban J connectivity index is 1.56. The minimum atomic E-state index is -0.118. The molecule has 2 aromatic heterocycles. The van der Waals surface area contributed by atoms with Crippen LogP contribution in [0.4, 0.5) is 0 Å². The van der Waals surface area contributed by atoms with Crippen molar-refractivity contribution in [3.05, 3.63) is 60.2 Å². The molecule has 2 amide bonds. The molecule has 3 aromatic rings. The number of aromatic nitrogens is 4. The van der Waals surface area contributed by atoms with Gasteiger partial charge in [0.05, 0.1) is 12.4 Å². The van der Waals surface area contributed by atoms with Crippen LogP contribution in [0.2, 0.25) is 0 Å². The summed E-state index contributed by atoms with van der Waals surface area (Å²) in [6, 6.07) is 7.36. The van der Waals surface area contributed by atoms with Crippen molar-refractivity contribution < 1.29 is 9.59 Å². The first-order chi connectivity index (χ1) is 13.5. The standard InChI is InChI=1S/C20H24N6O2/c1-15-10-23-25(12-15)8-4-7-22-20(28)17-6-3-5-16(9-17)18-11-24-26(13-18)14-19(27)21-2/h3,5-6,9-13H,4,7-8,14H2,1-2H3,(H,21,27)(H,22,28). The van der Waals surface area contributed by atoms with Crippen LogP contribution in [-0.2, 0) is 17.9 Å². The Morgan fingerprint density at radius 2 is 1.89 bits per heavy atom. The van der Waals surface area contributed by atoms with Gasteiger partial charge in [0, 0.05) is 43.7 Å². The lowest BCUT2D eigenvalue weighted by atomic mass is 10.1. The first-order valence-corrected chi connectivity index (χ1v) is 9.16. The van der Waals surface area contributed by atoms with E-state index < -0.39 is 0 Å². The molecule has 0 saturated heterocycles. The highest BCUT2D eigenvalue weighted by atomic mass is 16.2. The smallest absolute Gasteiger partial charge is 0.251 e. The average molecular weight is 380 g/mol. The third kappa shape index (κ3) is 5.06. The van der Waals surface area contributed by atoms with Crippen molar-refractivity contribution in [3.8, 4) is 11.1 Å². The molecular formula is C20H24N6O2. The van der Waals surface area contributed by atoms with Crippen LogP contribution in [0, 0.1) is 6.92 Å². The van der Waals surface area contributed by atoms with E-state index in [4.69, 9.17) is 0 Å². The van der Waals surface area contributed by atoms with Gasteiger partial charge in [-0.3, -0.25) is 19.0 Å². The third-order valence-electron chi connectivity index (χ3n) is 4.29. The van der Waals surface area contributed by atoms with Gasteiger partial charge in [0.25, 0.3) is 5.91 Å². The lowest BCUT2D eigenvalue weighted by molar-refractivity contribution is -0.121. The zero-order valence-corrected chi connectivity index (χ0v) is 16.1. The summed E-state index contributed by atoms with van der Waals surface area (Å²) in [5.41, 5.74) is 3.45. The molecule has 0 radical (unpaired) electrons. The molecule has 0 spiro atoms. The van der Waals surface area contributed by atoms with Crippen LogP contribution in [0.5, 0.6) is 0 Å².